The molecule has 1 aliphatic rings. The van der Waals surface area contributed by atoms with Gasteiger partial charge in [-0.15, -0.1) is 0 Å². The van der Waals surface area contributed by atoms with Gasteiger partial charge in [0.2, 0.25) is 5.91 Å². The number of benzene rings is 2. The van der Waals surface area contributed by atoms with Gasteiger partial charge in [-0.25, -0.2) is 0 Å². The first kappa shape index (κ1) is 21.7. The van der Waals surface area contributed by atoms with Gasteiger partial charge in [0.25, 0.3) is 11.1 Å². The summed E-state index contributed by atoms with van der Waals surface area (Å²) in [5, 5.41) is 2.67. The summed E-state index contributed by atoms with van der Waals surface area (Å²) in [6.45, 7) is 5.46. The molecule has 0 spiro atoms. The monoisotopic (exact) mass is 442 g/mol. The van der Waals surface area contributed by atoms with E-state index in [9.17, 15) is 14.4 Å². The molecule has 0 unspecified atom stereocenters. The molecule has 1 aliphatic heterocycles. The Bertz CT molecular complexity index is 1030. The van der Waals surface area contributed by atoms with Gasteiger partial charge in [-0.3, -0.25) is 19.3 Å². The number of anilines is 1. The first-order valence-electron chi connectivity index (χ1n) is 9.02. The Morgan fingerprint density at radius 2 is 1.97 bits per heavy atom. The quantitative estimate of drug-likeness (QED) is 0.488. The minimum atomic E-state index is -0.505. The van der Waals surface area contributed by atoms with Gasteiger partial charge < -0.3 is 10.1 Å². The number of amides is 3. The Kier molecular flexibility index (Phi) is 6.97. The van der Waals surface area contributed by atoms with Crippen molar-refractivity contribution in [3.8, 4) is 5.75 Å². The van der Waals surface area contributed by atoms with Crippen LogP contribution in [0.5, 0.6) is 5.75 Å². The van der Waals surface area contributed by atoms with Crippen molar-refractivity contribution in [1.82, 2.24) is 4.90 Å². The van der Waals surface area contributed by atoms with Crippen molar-refractivity contribution in [2.24, 2.45) is 0 Å². The smallest absolute Gasteiger partial charge is 0.294 e. The van der Waals surface area contributed by atoms with E-state index in [-0.39, 0.29) is 11.4 Å². The molecule has 0 aromatic heterocycles. The lowest BCUT2D eigenvalue weighted by Crippen LogP contribution is -2.36. The molecule has 8 heteroatoms. The van der Waals surface area contributed by atoms with Gasteiger partial charge in [0.05, 0.1) is 4.91 Å². The number of rotatable bonds is 7. The summed E-state index contributed by atoms with van der Waals surface area (Å²) in [5.41, 5.74) is 2.12. The Balaban J connectivity index is 1.65. The molecule has 154 valence electrons. The zero-order valence-corrected chi connectivity index (χ0v) is 17.8. The van der Waals surface area contributed by atoms with Gasteiger partial charge in [-0.05, 0) is 60.2 Å². The number of carbonyl (C=O) groups is 3. The van der Waals surface area contributed by atoms with E-state index in [0.29, 0.717) is 23.1 Å². The van der Waals surface area contributed by atoms with Crippen LogP contribution in [0.4, 0.5) is 10.5 Å². The van der Waals surface area contributed by atoms with Crippen molar-refractivity contribution in [3.05, 3.63) is 76.2 Å². The van der Waals surface area contributed by atoms with Gasteiger partial charge in [0, 0.05) is 10.7 Å². The van der Waals surface area contributed by atoms with Crippen LogP contribution in [0.2, 0.25) is 5.02 Å². The highest BCUT2D eigenvalue weighted by atomic mass is 35.5. The minimum Gasteiger partial charge on any atom is -0.490 e. The van der Waals surface area contributed by atoms with Crippen LogP contribution in [0.15, 0.2) is 60.0 Å². The summed E-state index contributed by atoms with van der Waals surface area (Å²) in [5.74, 6) is -0.315. The molecule has 1 saturated heterocycles. The molecule has 0 aliphatic carbocycles. The zero-order valence-electron chi connectivity index (χ0n) is 16.2. The molecule has 30 heavy (non-hydrogen) atoms. The minimum absolute atomic E-state index is 0.256. The summed E-state index contributed by atoms with van der Waals surface area (Å²) in [6.07, 6.45) is 3.26. The van der Waals surface area contributed by atoms with Crippen LogP contribution >= 0.6 is 23.4 Å². The van der Waals surface area contributed by atoms with Crippen LogP contribution in [0.1, 0.15) is 11.1 Å². The normalized spacial score (nSPS) is 14.9. The van der Waals surface area contributed by atoms with Crippen LogP contribution in [0, 0.1) is 6.92 Å². The lowest BCUT2D eigenvalue weighted by Gasteiger charge is -2.13. The summed E-state index contributed by atoms with van der Waals surface area (Å²) >= 11 is 6.85. The van der Waals surface area contributed by atoms with Crippen molar-refractivity contribution in [1.29, 1.82) is 0 Å². The van der Waals surface area contributed by atoms with E-state index < -0.39 is 17.1 Å². The summed E-state index contributed by atoms with van der Waals surface area (Å²) in [6, 6.07) is 12.2. The molecule has 6 nitrogen and oxygen atoms in total. The van der Waals surface area contributed by atoms with Gasteiger partial charge in [0.15, 0.2) is 0 Å². The third kappa shape index (κ3) is 5.31. The number of thioether (sulfide) groups is 1. The number of ether oxygens (including phenoxy) is 1. The number of carbonyl (C=O) groups excluding carboxylic acids is 3. The molecular weight excluding hydrogens is 424 g/mol. The molecule has 0 bridgehead atoms. The number of nitrogens with zero attached hydrogens (tertiary/aromatic N) is 1. The zero-order chi connectivity index (χ0) is 21.7. The maximum absolute atomic E-state index is 12.6. The predicted molar refractivity (Wildman–Crippen MR) is 120 cm³/mol. The van der Waals surface area contributed by atoms with Gasteiger partial charge >= 0.3 is 0 Å². The number of hydrogen-bond donors (Lipinski definition) is 1. The summed E-state index contributed by atoms with van der Waals surface area (Å²) in [7, 11) is 0. The number of nitrogens with one attached hydrogen (secondary N) is 1. The molecule has 1 heterocycles. The molecule has 2 aromatic rings. The molecule has 3 amide bonds. The summed E-state index contributed by atoms with van der Waals surface area (Å²) < 4.78 is 5.42. The lowest BCUT2D eigenvalue weighted by atomic mass is 10.2. The highest BCUT2D eigenvalue weighted by Gasteiger charge is 2.36. The van der Waals surface area contributed by atoms with E-state index in [1.807, 2.05) is 6.92 Å². The Labute approximate surface area is 183 Å². The highest BCUT2D eigenvalue weighted by molar-refractivity contribution is 8.18. The van der Waals surface area contributed by atoms with Crippen LogP contribution in [0.3, 0.4) is 0 Å². The highest BCUT2D eigenvalue weighted by Crippen LogP contribution is 2.32. The lowest BCUT2D eigenvalue weighted by molar-refractivity contribution is -0.127. The molecule has 0 radical (unpaired) electrons. The maximum atomic E-state index is 12.6. The molecule has 1 fully saturated rings. The molecular formula is C22H19ClN2O4S. The first-order chi connectivity index (χ1) is 14.4. The molecule has 0 atom stereocenters. The Morgan fingerprint density at radius 3 is 2.63 bits per heavy atom. The fraction of sp³-hybridized carbons (Fsp3) is 0.136. The average Bonchev–Trinajstić information content (AvgIpc) is 2.97. The van der Waals surface area contributed by atoms with Crippen molar-refractivity contribution in [3.63, 3.8) is 0 Å². The van der Waals surface area contributed by atoms with E-state index in [1.54, 1.807) is 54.6 Å². The first-order valence-corrected chi connectivity index (χ1v) is 10.2. The Morgan fingerprint density at radius 1 is 1.23 bits per heavy atom. The molecule has 1 N–H and O–H groups in total. The van der Waals surface area contributed by atoms with Crippen LogP contribution in [0.25, 0.3) is 6.08 Å². The topological polar surface area (TPSA) is 75.7 Å². The molecule has 0 saturated carbocycles. The molecule has 2 aromatic carbocycles. The summed E-state index contributed by atoms with van der Waals surface area (Å²) in [4.78, 5) is 38.3. The SMILES string of the molecule is C=CCOc1ccc(/C=C2/SC(=O)N(CC(=O)Nc3ccc(C)c(Cl)c3)C2=O)cc1. The third-order valence-corrected chi connectivity index (χ3v) is 5.49. The van der Waals surface area contributed by atoms with E-state index in [1.165, 1.54) is 0 Å². The van der Waals surface area contributed by atoms with Crippen LogP contribution in [-0.2, 0) is 9.59 Å². The van der Waals surface area contributed by atoms with Crippen molar-refractivity contribution < 1.29 is 19.1 Å². The maximum Gasteiger partial charge on any atom is 0.294 e. The fourth-order valence-electron chi connectivity index (χ4n) is 2.62. The number of imide groups is 1. The average molecular weight is 443 g/mol. The second-order valence-corrected chi connectivity index (χ2v) is 7.85. The number of hydrogen-bond acceptors (Lipinski definition) is 5. The molecule has 3 rings (SSSR count). The largest absolute Gasteiger partial charge is 0.490 e. The number of halogens is 1. The van der Waals surface area contributed by atoms with E-state index >= 15 is 0 Å². The second kappa shape index (κ2) is 9.65. The third-order valence-electron chi connectivity index (χ3n) is 4.18. The van der Waals surface area contributed by atoms with Gasteiger partial charge in [-0.2, -0.15) is 0 Å². The van der Waals surface area contributed by atoms with E-state index in [2.05, 4.69) is 11.9 Å². The fourth-order valence-corrected chi connectivity index (χ4v) is 3.64. The van der Waals surface area contributed by atoms with Crippen molar-refractivity contribution in [2.75, 3.05) is 18.5 Å². The number of aryl methyl sites for hydroxylation is 1. The second-order valence-electron chi connectivity index (χ2n) is 6.45. The standard InChI is InChI=1S/C22H19ClN2O4S/c1-3-10-29-17-8-5-15(6-9-17)11-19-21(27)25(22(28)30-19)13-20(26)24-16-7-4-14(2)18(23)12-16/h3-9,11-12H,1,10,13H2,2H3,(H,24,26)/b19-11+. The Hall–Kier alpha value is -3.03. The van der Waals surface area contributed by atoms with Crippen molar-refractivity contribution in [2.45, 2.75) is 6.92 Å². The van der Waals surface area contributed by atoms with E-state index in [0.717, 1.165) is 27.8 Å². The van der Waals surface area contributed by atoms with Crippen LogP contribution in [-0.4, -0.2) is 35.1 Å². The van der Waals surface area contributed by atoms with Crippen molar-refractivity contribution >= 4 is 52.2 Å². The van der Waals surface area contributed by atoms with Crippen LogP contribution < -0.4 is 10.1 Å². The van der Waals surface area contributed by atoms with Gasteiger partial charge in [0.1, 0.15) is 18.9 Å². The van der Waals surface area contributed by atoms with Gasteiger partial charge in [-0.1, -0.05) is 42.5 Å². The predicted octanol–water partition coefficient (Wildman–Crippen LogP) is 4.89. The van der Waals surface area contributed by atoms with E-state index in [4.69, 9.17) is 16.3 Å².